The molecule has 0 bridgehead atoms. The SMILES string of the molecule is [N-]=[N+]=NCc1ccccc1N=C=C(c1ccccc1)c1ccccc1. The number of para-hydroxylation sites is 1. The second-order valence-electron chi connectivity index (χ2n) is 5.35. The van der Waals surface area contributed by atoms with Crippen molar-refractivity contribution in [2.24, 2.45) is 10.1 Å². The molecule has 0 spiro atoms. The first-order valence-corrected chi connectivity index (χ1v) is 7.92. The van der Waals surface area contributed by atoms with E-state index in [0.717, 1.165) is 28.0 Å². The van der Waals surface area contributed by atoms with E-state index in [-0.39, 0.29) is 6.54 Å². The fraction of sp³-hybridized carbons (Fsp3) is 0.0476. The predicted molar refractivity (Wildman–Crippen MR) is 102 cm³/mol. The largest absolute Gasteiger partial charge is 0.205 e. The van der Waals surface area contributed by atoms with Crippen LogP contribution in [0.4, 0.5) is 5.69 Å². The van der Waals surface area contributed by atoms with Crippen LogP contribution in [0.3, 0.4) is 0 Å². The molecule has 0 aliphatic carbocycles. The molecule has 25 heavy (non-hydrogen) atoms. The third-order valence-electron chi connectivity index (χ3n) is 3.71. The van der Waals surface area contributed by atoms with Crippen molar-refractivity contribution in [2.75, 3.05) is 0 Å². The van der Waals surface area contributed by atoms with E-state index < -0.39 is 0 Å². The van der Waals surface area contributed by atoms with Gasteiger partial charge in [0.1, 0.15) is 0 Å². The number of azide groups is 1. The van der Waals surface area contributed by atoms with Gasteiger partial charge in [0.2, 0.25) is 0 Å². The molecule has 0 heterocycles. The van der Waals surface area contributed by atoms with Crippen LogP contribution in [0.15, 0.2) is 95.0 Å². The first kappa shape index (κ1) is 16.3. The van der Waals surface area contributed by atoms with E-state index >= 15 is 0 Å². The van der Waals surface area contributed by atoms with Gasteiger partial charge in [0.25, 0.3) is 0 Å². The fourth-order valence-corrected chi connectivity index (χ4v) is 2.48. The number of hydrogen-bond donors (Lipinski definition) is 0. The molecule has 4 heteroatoms. The van der Waals surface area contributed by atoms with E-state index in [0.29, 0.717) is 0 Å². The minimum absolute atomic E-state index is 0.268. The van der Waals surface area contributed by atoms with Crippen LogP contribution in [0.1, 0.15) is 16.7 Å². The van der Waals surface area contributed by atoms with Crippen molar-refractivity contribution in [3.8, 4) is 0 Å². The molecular weight excluding hydrogens is 308 g/mol. The second kappa shape index (κ2) is 8.32. The zero-order valence-electron chi connectivity index (χ0n) is 13.6. The Labute approximate surface area is 146 Å². The lowest BCUT2D eigenvalue weighted by atomic mass is 9.99. The van der Waals surface area contributed by atoms with Crippen molar-refractivity contribution in [1.29, 1.82) is 0 Å². The smallest absolute Gasteiger partial charge is 0.0763 e. The molecule has 0 saturated heterocycles. The van der Waals surface area contributed by atoms with Crippen LogP contribution in [0, 0.1) is 0 Å². The van der Waals surface area contributed by atoms with Crippen molar-refractivity contribution < 1.29 is 0 Å². The molecule has 3 aromatic carbocycles. The van der Waals surface area contributed by atoms with Crippen LogP contribution in [0.5, 0.6) is 0 Å². The molecule has 4 nitrogen and oxygen atoms in total. The van der Waals surface area contributed by atoms with Crippen molar-refractivity contribution in [1.82, 2.24) is 0 Å². The summed E-state index contributed by atoms with van der Waals surface area (Å²) in [6.45, 7) is 0.268. The van der Waals surface area contributed by atoms with Gasteiger partial charge in [0.15, 0.2) is 0 Å². The third-order valence-corrected chi connectivity index (χ3v) is 3.71. The first-order chi connectivity index (χ1) is 12.4. The molecular formula is C21H16N4. The Bertz CT molecular complexity index is 908. The Kier molecular flexibility index (Phi) is 5.42. The van der Waals surface area contributed by atoms with Gasteiger partial charge in [-0.25, -0.2) is 4.99 Å². The average molecular weight is 324 g/mol. The van der Waals surface area contributed by atoms with Gasteiger partial charge in [-0.2, -0.15) is 0 Å². The van der Waals surface area contributed by atoms with Crippen molar-refractivity contribution in [3.05, 3.63) is 112 Å². The van der Waals surface area contributed by atoms with E-state index in [2.05, 4.69) is 20.9 Å². The van der Waals surface area contributed by atoms with Crippen molar-refractivity contribution in [3.63, 3.8) is 0 Å². The lowest BCUT2D eigenvalue weighted by Crippen LogP contribution is -1.88. The topological polar surface area (TPSA) is 61.1 Å². The lowest BCUT2D eigenvalue weighted by molar-refractivity contribution is 1.05. The van der Waals surface area contributed by atoms with Crippen molar-refractivity contribution >= 4 is 17.1 Å². The van der Waals surface area contributed by atoms with Gasteiger partial charge in [-0.3, -0.25) is 0 Å². The number of hydrogen-bond acceptors (Lipinski definition) is 2. The standard InChI is InChI=1S/C21H16N4/c22-25-24-15-19-13-7-8-14-21(19)23-16-20(17-9-3-1-4-10-17)18-11-5-2-6-12-18/h1-14H,15H2. The number of aliphatic imine (C=N–C) groups is 1. The van der Waals surface area contributed by atoms with E-state index in [1.807, 2.05) is 84.9 Å². The molecule has 0 amide bonds. The molecule has 0 saturated carbocycles. The Morgan fingerprint density at radius 3 is 1.96 bits per heavy atom. The van der Waals surface area contributed by atoms with Crippen LogP contribution in [0.2, 0.25) is 0 Å². The summed E-state index contributed by atoms with van der Waals surface area (Å²) >= 11 is 0. The first-order valence-electron chi connectivity index (χ1n) is 7.92. The van der Waals surface area contributed by atoms with E-state index in [4.69, 9.17) is 5.53 Å². The molecule has 0 unspecified atom stereocenters. The minimum Gasteiger partial charge on any atom is -0.205 e. The number of rotatable bonds is 5. The summed E-state index contributed by atoms with van der Waals surface area (Å²) in [7, 11) is 0. The maximum absolute atomic E-state index is 8.54. The molecule has 120 valence electrons. The van der Waals surface area contributed by atoms with Gasteiger partial charge in [0, 0.05) is 4.91 Å². The van der Waals surface area contributed by atoms with E-state index in [1.54, 1.807) is 0 Å². The molecule has 0 aliphatic heterocycles. The zero-order valence-corrected chi connectivity index (χ0v) is 13.6. The molecule has 3 rings (SSSR count). The maximum Gasteiger partial charge on any atom is 0.0763 e. The highest BCUT2D eigenvalue weighted by atomic mass is 15.1. The molecule has 0 aliphatic rings. The normalized spacial score (nSPS) is 9.60. The number of benzene rings is 3. The highest BCUT2D eigenvalue weighted by molar-refractivity contribution is 5.99. The summed E-state index contributed by atoms with van der Waals surface area (Å²) < 4.78 is 0. The molecule has 3 aromatic rings. The van der Waals surface area contributed by atoms with E-state index in [1.165, 1.54) is 0 Å². The summed E-state index contributed by atoms with van der Waals surface area (Å²) in [5, 5.41) is 3.63. The third kappa shape index (κ3) is 4.24. The van der Waals surface area contributed by atoms with Crippen LogP contribution in [-0.4, -0.2) is 5.87 Å². The number of nitrogens with zero attached hydrogens (tertiary/aromatic N) is 4. The van der Waals surface area contributed by atoms with E-state index in [9.17, 15) is 0 Å². The van der Waals surface area contributed by atoms with Crippen molar-refractivity contribution in [2.45, 2.75) is 6.54 Å². The van der Waals surface area contributed by atoms with Crippen LogP contribution in [-0.2, 0) is 6.54 Å². The van der Waals surface area contributed by atoms with Crippen LogP contribution in [0.25, 0.3) is 16.0 Å². The molecule has 0 radical (unpaired) electrons. The summed E-state index contributed by atoms with van der Waals surface area (Å²) in [4.78, 5) is 7.36. The lowest BCUT2D eigenvalue weighted by Gasteiger charge is -2.05. The summed E-state index contributed by atoms with van der Waals surface area (Å²) in [5.41, 5.74) is 13.2. The Hall–Kier alpha value is -3.58. The molecule has 0 atom stereocenters. The highest BCUT2D eigenvalue weighted by Gasteiger charge is 2.04. The van der Waals surface area contributed by atoms with Gasteiger partial charge in [-0.15, -0.1) is 0 Å². The van der Waals surface area contributed by atoms with Gasteiger partial charge < -0.3 is 0 Å². The quantitative estimate of drug-likeness (QED) is 0.242. The monoisotopic (exact) mass is 324 g/mol. The average Bonchev–Trinajstić information content (AvgIpc) is 2.69. The Morgan fingerprint density at radius 2 is 1.36 bits per heavy atom. The summed E-state index contributed by atoms with van der Waals surface area (Å²) in [6, 6.07) is 27.7. The zero-order chi connectivity index (χ0) is 17.3. The summed E-state index contributed by atoms with van der Waals surface area (Å²) in [5.74, 6) is 3.19. The highest BCUT2D eigenvalue weighted by Crippen LogP contribution is 2.23. The maximum atomic E-state index is 8.54. The van der Waals surface area contributed by atoms with Gasteiger partial charge in [-0.1, -0.05) is 84.0 Å². The Morgan fingerprint density at radius 1 is 0.800 bits per heavy atom. The van der Waals surface area contributed by atoms with Gasteiger partial charge in [0.05, 0.1) is 17.8 Å². The fourth-order valence-electron chi connectivity index (χ4n) is 2.48. The molecule has 0 aromatic heterocycles. The van der Waals surface area contributed by atoms with Gasteiger partial charge in [-0.05, 0) is 34.2 Å². The predicted octanol–water partition coefficient (Wildman–Crippen LogP) is 5.93. The Balaban J connectivity index is 2.11. The van der Waals surface area contributed by atoms with Gasteiger partial charge >= 0.3 is 0 Å². The second-order valence-corrected chi connectivity index (χ2v) is 5.35. The van der Waals surface area contributed by atoms with Crippen LogP contribution >= 0.6 is 0 Å². The van der Waals surface area contributed by atoms with Crippen LogP contribution < -0.4 is 0 Å². The molecule has 0 N–H and O–H groups in total. The summed E-state index contributed by atoms with van der Waals surface area (Å²) in [6.07, 6.45) is 0. The minimum atomic E-state index is 0.268. The molecule has 0 fully saturated rings.